The molecule has 0 bridgehead atoms. The van der Waals surface area contributed by atoms with Crippen molar-refractivity contribution in [3.8, 4) is 0 Å². The molecule has 2 heterocycles. The van der Waals surface area contributed by atoms with Crippen molar-refractivity contribution in [3.05, 3.63) is 42.8 Å². The lowest BCUT2D eigenvalue weighted by Crippen LogP contribution is -1.62. The maximum absolute atomic E-state index is 2.22. The Balaban J connectivity index is 0.000000160. The SMILES string of the molecule is Cc1cc(C)c(C)s1.Cc1cc(C)c(C)s1. The van der Waals surface area contributed by atoms with Crippen molar-refractivity contribution in [2.75, 3.05) is 0 Å². The van der Waals surface area contributed by atoms with Crippen LogP contribution < -0.4 is 0 Å². The largest absolute Gasteiger partial charge is 0.146 e. The Morgan fingerprint density at radius 1 is 0.625 bits per heavy atom. The van der Waals surface area contributed by atoms with Gasteiger partial charge in [-0.25, -0.2) is 0 Å². The first-order chi connectivity index (χ1) is 7.40. The van der Waals surface area contributed by atoms with E-state index >= 15 is 0 Å². The van der Waals surface area contributed by atoms with E-state index in [0.717, 1.165) is 0 Å². The minimum absolute atomic E-state index is 1.42. The lowest BCUT2D eigenvalue weighted by Gasteiger charge is -1.79. The molecule has 2 rings (SSSR count). The lowest BCUT2D eigenvalue weighted by atomic mass is 10.3. The third-order valence-corrected chi connectivity index (χ3v) is 4.71. The highest BCUT2D eigenvalue weighted by Gasteiger charge is 1.94. The normalized spacial score (nSPS) is 9.88. The summed E-state index contributed by atoms with van der Waals surface area (Å²) in [7, 11) is 0. The van der Waals surface area contributed by atoms with Crippen LogP contribution in [0.2, 0.25) is 0 Å². The van der Waals surface area contributed by atoms with Crippen molar-refractivity contribution in [1.82, 2.24) is 0 Å². The Labute approximate surface area is 107 Å². The fourth-order valence-corrected chi connectivity index (χ4v) is 3.39. The number of rotatable bonds is 0. The monoisotopic (exact) mass is 252 g/mol. The van der Waals surface area contributed by atoms with E-state index in [1.165, 1.54) is 30.6 Å². The van der Waals surface area contributed by atoms with Gasteiger partial charge in [-0.3, -0.25) is 0 Å². The Morgan fingerprint density at radius 3 is 1.00 bits per heavy atom. The summed E-state index contributed by atoms with van der Waals surface area (Å²) in [5.74, 6) is 0. The van der Waals surface area contributed by atoms with Gasteiger partial charge in [-0.1, -0.05) is 0 Å². The minimum atomic E-state index is 1.42. The van der Waals surface area contributed by atoms with Crippen molar-refractivity contribution in [2.24, 2.45) is 0 Å². The van der Waals surface area contributed by atoms with Crippen LogP contribution in [0.3, 0.4) is 0 Å². The van der Waals surface area contributed by atoms with E-state index in [9.17, 15) is 0 Å². The van der Waals surface area contributed by atoms with Crippen molar-refractivity contribution in [1.29, 1.82) is 0 Å². The summed E-state index contributed by atoms with van der Waals surface area (Å²) in [5, 5.41) is 0. The quantitative estimate of drug-likeness (QED) is 0.593. The van der Waals surface area contributed by atoms with Crippen LogP contribution in [0.5, 0.6) is 0 Å². The summed E-state index contributed by atoms with van der Waals surface area (Å²) in [5.41, 5.74) is 2.85. The molecule has 0 aliphatic carbocycles. The van der Waals surface area contributed by atoms with Crippen LogP contribution in [0.15, 0.2) is 12.1 Å². The molecule has 2 aromatic rings. The average Bonchev–Trinajstić information content (AvgIpc) is 2.58. The zero-order valence-corrected chi connectivity index (χ0v) is 12.6. The standard InChI is InChI=1S/2C7H10S/c2*1-5-4-6(2)8-7(5)3/h2*4H,1-3H3. The molecular formula is C14H20S2. The van der Waals surface area contributed by atoms with E-state index in [1.807, 2.05) is 22.7 Å². The molecule has 0 spiro atoms. The van der Waals surface area contributed by atoms with Gasteiger partial charge in [0.1, 0.15) is 0 Å². The molecule has 0 atom stereocenters. The smallest absolute Gasteiger partial charge is 0.00462 e. The molecule has 0 unspecified atom stereocenters. The summed E-state index contributed by atoms with van der Waals surface area (Å²) in [6.07, 6.45) is 0. The van der Waals surface area contributed by atoms with Gasteiger partial charge in [-0.05, 0) is 64.8 Å². The van der Waals surface area contributed by atoms with Gasteiger partial charge in [-0.15, -0.1) is 22.7 Å². The first kappa shape index (κ1) is 13.5. The Bertz CT molecular complexity index is 378. The number of hydrogen-bond acceptors (Lipinski definition) is 2. The fourth-order valence-electron chi connectivity index (χ4n) is 1.52. The first-order valence-corrected chi connectivity index (χ1v) is 7.10. The highest BCUT2D eigenvalue weighted by Crippen LogP contribution is 2.19. The van der Waals surface area contributed by atoms with E-state index in [-0.39, 0.29) is 0 Å². The predicted molar refractivity (Wildman–Crippen MR) is 77.1 cm³/mol. The lowest BCUT2D eigenvalue weighted by molar-refractivity contribution is 1.43. The second-order valence-corrected chi connectivity index (χ2v) is 7.11. The molecule has 0 N–H and O–H groups in total. The molecule has 0 saturated heterocycles. The van der Waals surface area contributed by atoms with Crippen LogP contribution in [-0.4, -0.2) is 0 Å². The third kappa shape index (κ3) is 3.76. The van der Waals surface area contributed by atoms with E-state index in [1.54, 1.807) is 0 Å². The molecule has 0 radical (unpaired) electrons. The number of hydrogen-bond donors (Lipinski definition) is 0. The summed E-state index contributed by atoms with van der Waals surface area (Å²) in [6, 6.07) is 4.44. The number of aryl methyl sites for hydroxylation is 6. The zero-order valence-electron chi connectivity index (χ0n) is 11.0. The third-order valence-electron chi connectivity index (χ3n) is 2.58. The van der Waals surface area contributed by atoms with Gasteiger partial charge in [0.15, 0.2) is 0 Å². The molecular weight excluding hydrogens is 232 g/mol. The molecule has 0 saturated carbocycles. The Kier molecular flexibility index (Phi) is 4.75. The molecule has 0 nitrogen and oxygen atoms in total. The minimum Gasteiger partial charge on any atom is -0.146 e. The van der Waals surface area contributed by atoms with Crippen molar-refractivity contribution < 1.29 is 0 Å². The van der Waals surface area contributed by atoms with Crippen molar-refractivity contribution in [3.63, 3.8) is 0 Å². The molecule has 2 aromatic heterocycles. The number of thiophene rings is 2. The van der Waals surface area contributed by atoms with Gasteiger partial charge in [0.25, 0.3) is 0 Å². The average molecular weight is 252 g/mol. The molecule has 0 amide bonds. The molecule has 2 heteroatoms. The molecule has 0 aliphatic rings. The van der Waals surface area contributed by atoms with Gasteiger partial charge in [0.2, 0.25) is 0 Å². The van der Waals surface area contributed by atoms with Crippen LogP contribution in [-0.2, 0) is 0 Å². The Hall–Kier alpha value is -0.600. The van der Waals surface area contributed by atoms with Gasteiger partial charge >= 0.3 is 0 Å². The van der Waals surface area contributed by atoms with Gasteiger partial charge in [-0.2, -0.15) is 0 Å². The summed E-state index contributed by atoms with van der Waals surface area (Å²) in [6.45, 7) is 12.9. The highest BCUT2D eigenvalue weighted by molar-refractivity contribution is 7.12. The molecule has 16 heavy (non-hydrogen) atoms. The van der Waals surface area contributed by atoms with Crippen molar-refractivity contribution >= 4 is 22.7 Å². The molecule has 0 aromatic carbocycles. The zero-order chi connectivity index (χ0) is 12.3. The van der Waals surface area contributed by atoms with Crippen LogP contribution in [0.25, 0.3) is 0 Å². The molecule has 0 aliphatic heterocycles. The van der Waals surface area contributed by atoms with Crippen LogP contribution >= 0.6 is 22.7 Å². The highest BCUT2D eigenvalue weighted by atomic mass is 32.1. The summed E-state index contributed by atoms with van der Waals surface area (Å²) < 4.78 is 0. The van der Waals surface area contributed by atoms with Crippen molar-refractivity contribution in [2.45, 2.75) is 41.5 Å². The first-order valence-electron chi connectivity index (χ1n) is 5.47. The summed E-state index contributed by atoms with van der Waals surface area (Å²) >= 11 is 3.74. The molecule has 0 fully saturated rings. The van der Waals surface area contributed by atoms with E-state index < -0.39 is 0 Å². The van der Waals surface area contributed by atoms with Crippen LogP contribution in [0.1, 0.15) is 30.6 Å². The van der Waals surface area contributed by atoms with E-state index in [2.05, 4.69) is 53.7 Å². The van der Waals surface area contributed by atoms with E-state index in [0.29, 0.717) is 0 Å². The second-order valence-electron chi connectivity index (χ2n) is 4.19. The maximum atomic E-state index is 2.22. The second kappa shape index (κ2) is 5.65. The maximum Gasteiger partial charge on any atom is 0.00462 e. The van der Waals surface area contributed by atoms with Gasteiger partial charge in [0.05, 0.1) is 0 Å². The van der Waals surface area contributed by atoms with Crippen LogP contribution in [0, 0.1) is 41.5 Å². The predicted octanol–water partition coefficient (Wildman–Crippen LogP) is 5.35. The summed E-state index contributed by atoms with van der Waals surface area (Å²) in [4.78, 5) is 5.73. The topological polar surface area (TPSA) is 0 Å². The van der Waals surface area contributed by atoms with Crippen LogP contribution in [0.4, 0.5) is 0 Å². The fraction of sp³-hybridized carbons (Fsp3) is 0.429. The Morgan fingerprint density at radius 2 is 0.938 bits per heavy atom. The molecule has 88 valence electrons. The van der Waals surface area contributed by atoms with Gasteiger partial charge < -0.3 is 0 Å². The van der Waals surface area contributed by atoms with E-state index in [4.69, 9.17) is 0 Å². The van der Waals surface area contributed by atoms with Gasteiger partial charge in [0, 0.05) is 19.5 Å².